The SMILES string of the molecule is CN1CCNC(CC(=O)NCCc2ccccn2)C1. The highest BCUT2D eigenvalue weighted by Crippen LogP contribution is 2.00. The molecule has 2 heterocycles. The van der Waals surface area contributed by atoms with Crippen LogP contribution < -0.4 is 10.6 Å². The summed E-state index contributed by atoms with van der Waals surface area (Å²) < 4.78 is 0. The second-order valence-electron chi connectivity index (χ2n) is 5.04. The average Bonchev–Trinajstić information content (AvgIpc) is 2.40. The Balaban J connectivity index is 1.64. The zero-order chi connectivity index (χ0) is 13.5. The van der Waals surface area contributed by atoms with Crippen LogP contribution in [0.1, 0.15) is 12.1 Å². The zero-order valence-corrected chi connectivity index (χ0v) is 11.4. The van der Waals surface area contributed by atoms with E-state index in [-0.39, 0.29) is 11.9 Å². The van der Waals surface area contributed by atoms with Crippen LogP contribution in [0.3, 0.4) is 0 Å². The summed E-state index contributed by atoms with van der Waals surface area (Å²) in [5, 5.41) is 6.33. The van der Waals surface area contributed by atoms with Crippen molar-refractivity contribution in [3.05, 3.63) is 30.1 Å². The van der Waals surface area contributed by atoms with Gasteiger partial charge in [-0.2, -0.15) is 0 Å². The van der Waals surface area contributed by atoms with Gasteiger partial charge in [0.2, 0.25) is 5.91 Å². The molecule has 0 saturated carbocycles. The monoisotopic (exact) mass is 262 g/mol. The first-order valence-electron chi connectivity index (χ1n) is 6.82. The Labute approximate surface area is 114 Å². The van der Waals surface area contributed by atoms with Crippen molar-refractivity contribution >= 4 is 5.91 Å². The molecule has 0 radical (unpaired) electrons. The Bertz CT molecular complexity index is 396. The summed E-state index contributed by atoms with van der Waals surface area (Å²) in [5.41, 5.74) is 1.01. The number of rotatable bonds is 5. The molecule has 1 aromatic rings. The van der Waals surface area contributed by atoms with Gasteiger partial charge in [-0.3, -0.25) is 9.78 Å². The summed E-state index contributed by atoms with van der Waals surface area (Å²) in [4.78, 5) is 18.3. The van der Waals surface area contributed by atoms with Crippen LogP contribution in [0.15, 0.2) is 24.4 Å². The first-order valence-corrected chi connectivity index (χ1v) is 6.82. The molecule has 1 aromatic heterocycles. The molecular formula is C14H22N4O. The third-order valence-corrected chi connectivity index (χ3v) is 3.32. The van der Waals surface area contributed by atoms with Crippen LogP contribution in [-0.2, 0) is 11.2 Å². The van der Waals surface area contributed by atoms with Gasteiger partial charge in [0.25, 0.3) is 0 Å². The van der Waals surface area contributed by atoms with Gasteiger partial charge in [-0.25, -0.2) is 0 Å². The average molecular weight is 262 g/mol. The number of likely N-dealkylation sites (N-methyl/N-ethyl adjacent to an activating group) is 1. The fourth-order valence-electron chi connectivity index (χ4n) is 2.30. The second-order valence-corrected chi connectivity index (χ2v) is 5.04. The lowest BCUT2D eigenvalue weighted by atomic mass is 10.1. The fourth-order valence-corrected chi connectivity index (χ4v) is 2.30. The lowest BCUT2D eigenvalue weighted by Gasteiger charge is -2.30. The predicted molar refractivity (Wildman–Crippen MR) is 74.9 cm³/mol. The minimum atomic E-state index is 0.115. The van der Waals surface area contributed by atoms with E-state index in [9.17, 15) is 4.79 Å². The quantitative estimate of drug-likeness (QED) is 0.786. The van der Waals surface area contributed by atoms with Crippen molar-refractivity contribution in [1.29, 1.82) is 0 Å². The molecule has 5 heteroatoms. The van der Waals surface area contributed by atoms with Gasteiger partial charge in [0.15, 0.2) is 0 Å². The number of nitrogens with one attached hydrogen (secondary N) is 2. The Morgan fingerprint density at radius 1 is 1.58 bits per heavy atom. The van der Waals surface area contributed by atoms with Crippen LogP contribution in [0.4, 0.5) is 0 Å². The van der Waals surface area contributed by atoms with Gasteiger partial charge in [0.1, 0.15) is 0 Å². The minimum Gasteiger partial charge on any atom is -0.356 e. The summed E-state index contributed by atoms with van der Waals surface area (Å²) in [6.45, 7) is 3.60. The standard InChI is InChI=1S/C14H22N4O/c1-18-9-8-16-13(11-18)10-14(19)17-7-5-12-4-2-3-6-15-12/h2-4,6,13,16H,5,7-11H2,1H3,(H,17,19). The first-order chi connectivity index (χ1) is 9.24. The predicted octanol–water partition coefficient (Wildman–Crippen LogP) is 0.0340. The lowest BCUT2D eigenvalue weighted by Crippen LogP contribution is -2.50. The fraction of sp³-hybridized carbons (Fsp3) is 0.571. The summed E-state index contributed by atoms with van der Waals surface area (Å²) in [5.74, 6) is 0.115. The number of hydrogen-bond acceptors (Lipinski definition) is 4. The van der Waals surface area contributed by atoms with E-state index in [2.05, 4.69) is 27.6 Å². The van der Waals surface area contributed by atoms with Crippen molar-refractivity contribution in [2.75, 3.05) is 33.2 Å². The highest BCUT2D eigenvalue weighted by molar-refractivity contribution is 5.76. The minimum absolute atomic E-state index is 0.115. The molecule has 0 aliphatic carbocycles. The topological polar surface area (TPSA) is 57.3 Å². The second kappa shape index (κ2) is 7.21. The summed E-state index contributed by atoms with van der Waals surface area (Å²) >= 11 is 0. The van der Waals surface area contributed by atoms with E-state index in [1.165, 1.54) is 0 Å². The zero-order valence-electron chi connectivity index (χ0n) is 11.4. The molecule has 1 saturated heterocycles. The Hall–Kier alpha value is -1.46. The van der Waals surface area contributed by atoms with Gasteiger partial charge >= 0.3 is 0 Å². The Kier molecular flexibility index (Phi) is 5.30. The molecule has 1 atom stereocenters. The molecule has 0 spiro atoms. The van der Waals surface area contributed by atoms with Crippen LogP contribution in [0.2, 0.25) is 0 Å². The summed E-state index contributed by atoms with van der Waals surface area (Å²) in [7, 11) is 2.09. The number of carbonyl (C=O) groups is 1. The maximum absolute atomic E-state index is 11.8. The highest BCUT2D eigenvalue weighted by atomic mass is 16.1. The van der Waals surface area contributed by atoms with Gasteiger partial charge in [-0.05, 0) is 19.2 Å². The van der Waals surface area contributed by atoms with Crippen molar-refractivity contribution in [1.82, 2.24) is 20.5 Å². The van der Waals surface area contributed by atoms with E-state index >= 15 is 0 Å². The smallest absolute Gasteiger partial charge is 0.221 e. The van der Waals surface area contributed by atoms with E-state index in [1.54, 1.807) is 6.20 Å². The Morgan fingerprint density at radius 3 is 3.21 bits per heavy atom. The number of piperazine rings is 1. The largest absolute Gasteiger partial charge is 0.356 e. The van der Waals surface area contributed by atoms with E-state index in [4.69, 9.17) is 0 Å². The Morgan fingerprint density at radius 2 is 2.47 bits per heavy atom. The lowest BCUT2D eigenvalue weighted by molar-refractivity contribution is -0.121. The van der Waals surface area contributed by atoms with Gasteiger partial charge in [-0.15, -0.1) is 0 Å². The van der Waals surface area contributed by atoms with Gasteiger partial charge in [0, 0.05) is 57.0 Å². The van der Waals surface area contributed by atoms with Crippen molar-refractivity contribution in [3.63, 3.8) is 0 Å². The third kappa shape index (κ3) is 4.96. The molecule has 2 rings (SSSR count). The summed E-state index contributed by atoms with van der Waals surface area (Å²) in [6.07, 6.45) is 3.11. The first kappa shape index (κ1) is 14.0. The van der Waals surface area contributed by atoms with Crippen LogP contribution in [0.25, 0.3) is 0 Å². The number of hydrogen-bond donors (Lipinski definition) is 2. The number of nitrogens with zero attached hydrogens (tertiary/aromatic N) is 2. The molecule has 1 unspecified atom stereocenters. The molecule has 1 aliphatic heterocycles. The van der Waals surface area contributed by atoms with Gasteiger partial charge < -0.3 is 15.5 Å². The van der Waals surface area contributed by atoms with Crippen molar-refractivity contribution in [3.8, 4) is 0 Å². The molecule has 2 N–H and O–H groups in total. The van der Waals surface area contributed by atoms with E-state index < -0.39 is 0 Å². The molecule has 0 bridgehead atoms. The molecule has 1 aliphatic rings. The molecule has 19 heavy (non-hydrogen) atoms. The molecule has 0 aromatic carbocycles. The maximum Gasteiger partial charge on any atom is 0.221 e. The van der Waals surface area contributed by atoms with E-state index in [1.807, 2.05) is 18.2 Å². The van der Waals surface area contributed by atoms with Crippen molar-refractivity contribution in [2.45, 2.75) is 18.9 Å². The van der Waals surface area contributed by atoms with Crippen molar-refractivity contribution < 1.29 is 4.79 Å². The summed E-state index contributed by atoms with van der Waals surface area (Å²) in [6, 6.07) is 6.11. The van der Waals surface area contributed by atoms with Crippen LogP contribution in [0.5, 0.6) is 0 Å². The van der Waals surface area contributed by atoms with Crippen LogP contribution >= 0.6 is 0 Å². The third-order valence-electron chi connectivity index (χ3n) is 3.32. The molecular weight excluding hydrogens is 240 g/mol. The number of amides is 1. The molecule has 1 fully saturated rings. The maximum atomic E-state index is 11.8. The molecule has 1 amide bonds. The molecule has 5 nitrogen and oxygen atoms in total. The van der Waals surface area contributed by atoms with Crippen LogP contribution in [-0.4, -0.2) is 55.1 Å². The number of pyridine rings is 1. The van der Waals surface area contributed by atoms with Crippen molar-refractivity contribution in [2.24, 2.45) is 0 Å². The number of carbonyl (C=O) groups excluding carboxylic acids is 1. The normalized spacial score (nSPS) is 20.2. The van der Waals surface area contributed by atoms with E-state index in [0.29, 0.717) is 13.0 Å². The highest BCUT2D eigenvalue weighted by Gasteiger charge is 2.18. The van der Waals surface area contributed by atoms with Crippen LogP contribution in [0, 0.1) is 0 Å². The van der Waals surface area contributed by atoms with Gasteiger partial charge in [0.05, 0.1) is 0 Å². The number of aromatic nitrogens is 1. The van der Waals surface area contributed by atoms with E-state index in [0.717, 1.165) is 31.7 Å². The molecule has 104 valence electrons. The van der Waals surface area contributed by atoms with Gasteiger partial charge in [-0.1, -0.05) is 6.07 Å².